The molecule has 0 aliphatic carbocycles. The molecular formula is C13H15ClFNO3. The van der Waals surface area contributed by atoms with Crippen LogP contribution in [0.1, 0.15) is 18.9 Å². The van der Waals surface area contributed by atoms with Crippen LogP contribution in [0.3, 0.4) is 0 Å². The first-order valence-corrected chi connectivity index (χ1v) is 6.25. The van der Waals surface area contributed by atoms with Crippen molar-refractivity contribution in [2.24, 2.45) is 0 Å². The molecule has 104 valence electrons. The largest absolute Gasteiger partial charge is 0.481 e. The molecule has 0 fully saturated rings. The van der Waals surface area contributed by atoms with Gasteiger partial charge in [-0.2, -0.15) is 0 Å². The predicted molar refractivity (Wildman–Crippen MR) is 69.6 cm³/mol. The van der Waals surface area contributed by atoms with Crippen LogP contribution in [0.4, 0.5) is 4.39 Å². The number of benzene rings is 1. The average Bonchev–Trinajstić information content (AvgIpc) is 2.33. The summed E-state index contributed by atoms with van der Waals surface area (Å²) in [6.07, 6.45) is -0.0662. The maximum Gasteiger partial charge on any atom is 0.305 e. The van der Waals surface area contributed by atoms with E-state index >= 15 is 0 Å². The molecule has 6 heteroatoms. The number of carboxylic acids is 1. The summed E-state index contributed by atoms with van der Waals surface area (Å²) in [4.78, 5) is 23.9. The molecule has 0 saturated heterocycles. The summed E-state index contributed by atoms with van der Waals surface area (Å²) in [5.41, 5.74) is 0.529. The highest BCUT2D eigenvalue weighted by Crippen LogP contribution is 2.18. The molecule has 0 aliphatic heterocycles. The second kappa shape index (κ2) is 7.09. The van der Waals surface area contributed by atoms with Gasteiger partial charge in [0.15, 0.2) is 0 Å². The first-order chi connectivity index (χ1) is 8.93. The van der Waals surface area contributed by atoms with E-state index in [0.717, 1.165) is 6.07 Å². The lowest BCUT2D eigenvalue weighted by molar-refractivity contribution is -0.138. The van der Waals surface area contributed by atoms with E-state index in [4.69, 9.17) is 16.7 Å². The number of likely N-dealkylation sites (N-methyl/N-ethyl adjacent to an activating group) is 1. The van der Waals surface area contributed by atoms with Gasteiger partial charge in [0.25, 0.3) is 0 Å². The summed E-state index contributed by atoms with van der Waals surface area (Å²) in [7, 11) is 0. The highest BCUT2D eigenvalue weighted by molar-refractivity contribution is 6.31. The molecule has 0 aromatic heterocycles. The highest BCUT2D eigenvalue weighted by Gasteiger charge is 2.15. The fourth-order valence-corrected chi connectivity index (χ4v) is 1.86. The van der Waals surface area contributed by atoms with E-state index < -0.39 is 11.8 Å². The molecular weight excluding hydrogens is 273 g/mol. The van der Waals surface area contributed by atoms with Crippen molar-refractivity contribution < 1.29 is 19.1 Å². The average molecular weight is 288 g/mol. The van der Waals surface area contributed by atoms with Crippen LogP contribution in [0.5, 0.6) is 0 Å². The smallest absolute Gasteiger partial charge is 0.305 e. The number of carboxylic acid groups (broad SMARTS) is 1. The Morgan fingerprint density at radius 3 is 2.63 bits per heavy atom. The normalized spacial score (nSPS) is 10.3. The zero-order chi connectivity index (χ0) is 14.4. The summed E-state index contributed by atoms with van der Waals surface area (Å²) >= 11 is 5.84. The van der Waals surface area contributed by atoms with E-state index in [2.05, 4.69) is 0 Å². The van der Waals surface area contributed by atoms with Gasteiger partial charge in [0.2, 0.25) is 5.91 Å². The summed E-state index contributed by atoms with van der Waals surface area (Å²) in [5, 5.41) is 8.80. The number of rotatable bonds is 6. The zero-order valence-corrected chi connectivity index (χ0v) is 11.3. The number of halogens is 2. The maximum atomic E-state index is 12.9. The van der Waals surface area contributed by atoms with E-state index in [1.54, 1.807) is 6.92 Å². The Morgan fingerprint density at radius 2 is 2.11 bits per heavy atom. The number of carbonyl (C=O) groups excluding carboxylic acids is 1. The third-order valence-corrected chi connectivity index (χ3v) is 3.04. The summed E-state index contributed by atoms with van der Waals surface area (Å²) < 4.78 is 12.9. The van der Waals surface area contributed by atoms with E-state index in [0.29, 0.717) is 12.1 Å². The van der Waals surface area contributed by atoms with E-state index in [-0.39, 0.29) is 30.3 Å². The van der Waals surface area contributed by atoms with Gasteiger partial charge in [-0.1, -0.05) is 17.7 Å². The van der Waals surface area contributed by atoms with Gasteiger partial charge in [0, 0.05) is 18.1 Å². The highest BCUT2D eigenvalue weighted by atomic mass is 35.5. The minimum Gasteiger partial charge on any atom is -0.481 e. The van der Waals surface area contributed by atoms with Crippen LogP contribution in [-0.2, 0) is 16.0 Å². The van der Waals surface area contributed by atoms with E-state index in [1.165, 1.54) is 17.0 Å². The Bertz CT molecular complexity index is 479. The number of hydrogen-bond donors (Lipinski definition) is 1. The van der Waals surface area contributed by atoms with Crippen LogP contribution in [0.25, 0.3) is 0 Å². The van der Waals surface area contributed by atoms with Gasteiger partial charge in [-0.3, -0.25) is 9.59 Å². The van der Waals surface area contributed by atoms with Crippen LogP contribution in [0, 0.1) is 5.82 Å². The Morgan fingerprint density at radius 1 is 1.42 bits per heavy atom. The van der Waals surface area contributed by atoms with Crippen LogP contribution in [0.2, 0.25) is 5.02 Å². The van der Waals surface area contributed by atoms with Crippen molar-refractivity contribution in [1.82, 2.24) is 4.90 Å². The summed E-state index contributed by atoms with van der Waals surface area (Å²) in [6, 6.07) is 3.85. The topological polar surface area (TPSA) is 57.6 Å². The molecule has 19 heavy (non-hydrogen) atoms. The van der Waals surface area contributed by atoms with Crippen molar-refractivity contribution >= 4 is 23.5 Å². The number of nitrogens with zero attached hydrogens (tertiary/aromatic N) is 1. The predicted octanol–water partition coefficient (Wildman–Crippen LogP) is 2.34. The Hall–Kier alpha value is -1.62. The molecule has 0 unspecified atom stereocenters. The molecule has 1 N–H and O–H groups in total. The molecule has 0 aliphatic rings. The minimum absolute atomic E-state index is 0.0343. The quantitative estimate of drug-likeness (QED) is 0.874. The number of carbonyl (C=O) groups is 2. The molecule has 1 aromatic rings. The SMILES string of the molecule is CCN(CCC(=O)O)C(=O)Cc1ccc(F)cc1Cl. The Balaban J connectivity index is 2.68. The fraction of sp³-hybridized carbons (Fsp3) is 0.385. The molecule has 0 spiro atoms. The van der Waals surface area contributed by atoms with Crippen molar-refractivity contribution in [3.8, 4) is 0 Å². The second-order valence-corrected chi connectivity index (χ2v) is 4.44. The van der Waals surface area contributed by atoms with E-state index in [1.807, 2.05) is 0 Å². The molecule has 1 amide bonds. The van der Waals surface area contributed by atoms with Gasteiger partial charge in [0.05, 0.1) is 12.8 Å². The first-order valence-electron chi connectivity index (χ1n) is 5.87. The number of hydrogen-bond acceptors (Lipinski definition) is 2. The molecule has 0 saturated carbocycles. The Labute approximate surface area is 115 Å². The van der Waals surface area contributed by atoms with Crippen LogP contribution in [0.15, 0.2) is 18.2 Å². The molecule has 1 rings (SSSR count). The lowest BCUT2D eigenvalue weighted by Crippen LogP contribution is -2.34. The summed E-state index contributed by atoms with van der Waals surface area (Å²) in [6.45, 7) is 2.35. The van der Waals surface area contributed by atoms with Crippen molar-refractivity contribution in [2.45, 2.75) is 19.8 Å². The van der Waals surface area contributed by atoms with Crippen molar-refractivity contribution in [1.29, 1.82) is 0 Å². The molecule has 0 atom stereocenters. The van der Waals surface area contributed by atoms with Gasteiger partial charge in [0.1, 0.15) is 5.82 Å². The third kappa shape index (κ3) is 4.87. The zero-order valence-electron chi connectivity index (χ0n) is 10.5. The maximum absolute atomic E-state index is 12.9. The standard InChI is InChI=1S/C13H15ClFNO3/c1-2-16(6-5-13(18)19)12(17)7-9-3-4-10(15)8-11(9)14/h3-4,8H,2,5-7H2,1H3,(H,18,19). The summed E-state index contributed by atoms with van der Waals surface area (Å²) in [5.74, 6) is -1.64. The van der Waals surface area contributed by atoms with Crippen molar-refractivity contribution in [2.75, 3.05) is 13.1 Å². The van der Waals surface area contributed by atoms with Crippen molar-refractivity contribution in [3.63, 3.8) is 0 Å². The number of amides is 1. The molecule has 0 bridgehead atoms. The van der Waals surface area contributed by atoms with Gasteiger partial charge in [-0.25, -0.2) is 4.39 Å². The number of aliphatic carboxylic acids is 1. The second-order valence-electron chi connectivity index (χ2n) is 4.03. The van der Waals surface area contributed by atoms with Crippen molar-refractivity contribution in [3.05, 3.63) is 34.6 Å². The lowest BCUT2D eigenvalue weighted by Gasteiger charge is -2.20. The molecule has 0 radical (unpaired) electrons. The molecule has 4 nitrogen and oxygen atoms in total. The third-order valence-electron chi connectivity index (χ3n) is 2.69. The Kier molecular flexibility index (Phi) is 5.76. The minimum atomic E-state index is -0.953. The van der Waals surface area contributed by atoms with Crippen LogP contribution < -0.4 is 0 Å². The monoisotopic (exact) mass is 287 g/mol. The first kappa shape index (κ1) is 15.4. The van der Waals surface area contributed by atoms with Crippen LogP contribution in [-0.4, -0.2) is 35.0 Å². The van der Waals surface area contributed by atoms with Crippen LogP contribution >= 0.6 is 11.6 Å². The van der Waals surface area contributed by atoms with Gasteiger partial charge in [-0.05, 0) is 24.6 Å². The fourth-order valence-electron chi connectivity index (χ4n) is 1.63. The molecule has 0 heterocycles. The van der Waals surface area contributed by atoms with Gasteiger partial charge in [-0.15, -0.1) is 0 Å². The van der Waals surface area contributed by atoms with E-state index in [9.17, 15) is 14.0 Å². The molecule has 1 aromatic carbocycles. The lowest BCUT2D eigenvalue weighted by atomic mass is 10.1. The van der Waals surface area contributed by atoms with Gasteiger partial charge < -0.3 is 10.0 Å². The van der Waals surface area contributed by atoms with Gasteiger partial charge >= 0.3 is 5.97 Å².